The molecule has 2 aromatic rings. The summed E-state index contributed by atoms with van der Waals surface area (Å²) in [5.41, 5.74) is 2.57. The molecule has 0 spiro atoms. The van der Waals surface area contributed by atoms with Crippen molar-refractivity contribution in [2.24, 2.45) is 0 Å². The van der Waals surface area contributed by atoms with Gasteiger partial charge in [-0.2, -0.15) is 5.10 Å². The van der Waals surface area contributed by atoms with Gasteiger partial charge in [0.15, 0.2) is 0 Å². The van der Waals surface area contributed by atoms with Crippen molar-refractivity contribution in [3.05, 3.63) is 46.5 Å². The van der Waals surface area contributed by atoms with Gasteiger partial charge in [-0.15, -0.1) is 0 Å². The normalized spacial score (nSPS) is 18.6. The second kappa shape index (κ2) is 5.54. The Balaban J connectivity index is 2.15. The van der Waals surface area contributed by atoms with Gasteiger partial charge in [0, 0.05) is 17.3 Å². The third kappa shape index (κ3) is 2.23. The fourth-order valence-electron chi connectivity index (χ4n) is 2.91. The lowest BCUT2D eigenvalue weighted by Crippen LogP contribution is -2.16. The van der Waals surface area contributed by atoms with Gasteiger partial charge >= 0.3 is 0 Å². The van der Waals surface area contributed by atoms with E-state index in [1.54, 1.807) is 16.8 Å². The first kappa shape index (κ1) is 13.6. The van der Waals surface area contributed by atoms with Crippen LogP contribution in [0.2, 0.25) is 5.02 Å². The number of rotatable bonds is 2. The van der Waals surface area contributed by atoms with Crippen molar-refractivity contribution in [2.75, 3.05) is 7.05 Å². The van der Waals surface area contributed by atoms with Crippen molar-refractivity contribution in [2.45, 2.75) is 31.7 Å². The quantitative estimate of drug-likeness (QED) is 0.857. The van der Waals surface area contributed by atoms with E-state index in [-0.39, 0.29) is 11.9 Å². The second-order valence-corrected chi connectivity index (χ2v) is 5.52. The minimum absolute atomic E-state index is 0.284. The molecule has 1 aromatic heterocycles. The summed E-state index contributed by atoms with van der Waals surface area (Å²) in [6.07, 6.45) is 6.07. The molecule has 1 aliphatic carbocycles. The largest absolute Gasteiger partial charge is 0.313 e. The van der Waals surface area contributed by atoms with Gasteiger partial charge in [0.05, 0.1) is 11.2 Å². The Bertz CT molecular complexity index is 603. The predicted octanol–water partition coefficient (Wildman–Crippen LogP) is 3.65. The summed E-state index contributed by atoms with van der Waals surface area (Å²) >= 11 is 6.16. The number of para-hydroxylation sites is 1. The van der Waals surface area contributed by atoms with Crippen molar-refractivity contribution >= 4 is 11.6 Å². The molecular formula is C15H17ClFN3. The van der Waals surface area contributed by atoms with E-state index in [4.69, 9.17) is 11.6 Å². The summed E-state index contributed by atoms with van der Waals surface area (Å²) < 4.78 is 15.8. The average molecular weight is 294 g/mol. The number of hydrogen-bond donors (Lipinski definition) is 1. The second-order valence-electron chi connectivity index (χ2n) is 5.12. The van der Waals surface area contributed by atoms with Crippen molar-refractivity contribution in [1.82, 2.24) is 15.1 Å². The first-order chi connectivity index (χ1) is 9.72. The zero-order valence-corrected chi connectivity index (χ0v) is 12.1. The van der Waals surface area contributed by atoms with E-state index in [2.05, 4.69) is 10.4 Å². The molecule has 0 fully saturated rings. The van der Waals surface area contributed by atoms with E-state index in [0.29, 0.717) is 10.7 Å². The maximum atomic E-state index is 14.1. The fraction of sp³-hybridized carbons (Fsp3) is 0.400. The molecule has 0 amide bonds. The summed E-state index contributed by atoms with van der Waals surface area (Å²) in [7, 11) is 1.95. The van der Waals surface area contributed by atoms with Gasteiger partial charge in [-0.05, 0) is 38.4 Å². The van der Waals surface area contributed by atoms with Gasteiger partial charge in [-0.3, -0.25) is 0 Å². The summed E-state index contributed by atoms with van der Waals surface area (Å²) in [4.78, 5) is 0. The Morgan fingerprint density at radius 2 is 2.25 bits per heavy atom. The number of fused-ring (bicyclic) bond motifs is 1. The molecule has 0 radical (unpaired) electrons. The molecule has 0 saturated carbocycles. The molecule has 3 nitrogen and oxygen atoms in total. The number of hydrogen-bond acceptors (Lipinski definition) is 2. The van der Waals surface area contributed by atoms with Crippen LogP contribution >= 0.6 is 11.6 Å². The van der Waals surface area contributed by atoms with Crippen molar-refractivity contribution in [3.63, 3.8) is 0 Å². The summed E-state index contributed by atoms with van der Waals surface area (Å²) in [6.45, 7) is 0. The lowest BCUT2D eigenvalue weighted by atomic mass is 10.1. The maximum Gasteiger partial charge on any atom is 0.150 e. The first-order valence-electron chi connectivity index (χ1n) is 6.91. The molecule has 5 heteroatoms. The monoisotopic (exact) mass is 293 g/mol. The minimum Gasteiger partial charge on any atom is -0.313 e. The number of halogens is 2. The predicted molar refractivity (Wildman–Crippen MR) is 77.9 cm³/mol. The lowest BCUT2D eigenvalue weighted by molar-refractivity contribution is 0.532. The lowest BCUT2D eigenvalue weighted by Gasteiger charge is -2.14. The van der Waals surface area contributed by atoms with Crippen molar-refractivity contribution < 1.29 is 4.39 Å². The number of nitrogens with one attached hydrogen (secondary N) is 1. The van der Waals surface area contributed by atoms with Crippen LogP contribution in [0, 0.1) is 5.82 Å². The molecule has 1 unspecified atom stereocenters. The highest BCUT2D eigenvalue weighted by Gasteiger charge is 2.23. The van der Waals surface area contributed by atoms with Crippen LogP contribution in [-0.4, -0.2) is 16.8 Å². The molecule has 1 heterocycles. The number of benzene rings is 1. The Morgan fingerprint density at radius 1 is 1.40 bits per heavy atom. The average Bonchev–Trinajstić information content (AvgIpc) is 2.72. The molecule has 0 bridgehead atoms. The standard InChI is InChI=1S/C15H17ClFN3/c1-18-13-7-2-3-8-14-10(13)9-19-20(14)15-11(16)5-4-6-12(15)17/h4-6,9,13,18H,2-3,7-8H2,1H3. The third-order valence-electron chi connectivity index (χ3n) is 3.93. The van der Waals surface area contributed by atoms with Crippen molar-refractivity contribution in [3.8, 4) is 5.69 Å². The highest BCUT2D eigenvalue weighted by atomic mass is 35.5. The Hall–Kier alpha value is -1.39. The third-order valence-corrected chi connectivity index (χ3v) is 4.24. The molecule has 1 aliphatic rings. The highest BCUT2D eigenvalue weighted by Crippen LogP contribution is 2.32. The zero-order chi connectivity index (χ0) is 14.1. The Labute approximate surface area is 122 Å². The molecule has 1 aromatic carbocycles. The van der Waals surface area contributed by atoms with Crippen LogP contribution in [0.1, 0.15) is 36.6 Å². The van der Waals surface area contributed by atoms with Gasteiger partial charge in [0.25, 0.3) is 0 Å². The van der Waals surface area contributed by atoms with Gasteiger partial charge in [0.1, 0.15) is 11.5 Å². The maximum absolute atomic E-state index is 14.1. The van der Waals surface area contributed by atoms with E-state index >= 15 is 0 Å². The van der Waals surface area contributed by atoms with Crippen LogP contribution in [0.5, 0.6) is 0 Å². The van der Waals surface area contributed by atoms with Crippen molar-refractivity contribution in [1.29, 1.82) is 0 Å². The van der Waals surface area contributed by atoms with Crippen LogP contribution < -0.4 is 5.32 Å². The smallest absolute Gasteiger partial charge is 0.150 e. The highest BCUT2D eigenvalue weighted by molar-refractivity contribution is 6.32. The summed E-state index contributed by atoms with van der Waals surface area (Å²) in [5.74, 6) is -0.339. The van der Waals surface area contributed by atoms with Crippen LogP contribution in [-0.2, 0) is 6.42 Å². The summed E-state index contributed by atoms with van der Waals surface area (Å²) in [5, 5.41) is 8.09. The molecule has 1 atom stereocenters. The molecule has 3 rings (SSSR count). The van der Waals surface area contributed by atoms with Gasteiger partial charge in [0.2, 0.25) is 0 Å². The van der Waals surface area contributed by atoms with E-state index in [1.807, 2.05) is 13.2 Å². The molecule has 1 N–H and O–H groups in total. The fourth-order valence-corrected chi connectivity index (χ4v) is 3.15. The van der Waals surface area contributed by atoms with E-state index in [9.17, 15) is 4.39 Å². The zero-order valence-electron chi connectivity index (χ0n) is 11.4. The molecule has 0 aliphatic heterocycles. The van der Waals surface area contributed by atoms with Gasteiger partial charge < -0.3 is 5.32 Å². The number of aromatic nitrogens is 2. The number of nitrogens with zero attached hydrogens (tertiary/aromatic N) is 2. The SMILES string of the molecule is CNC1CCCCc2c1cnn2-c1c(F)cccc1Cl. The molecule has 106 valence electrons. The van der Waals surface area contributed by atoms with Gasteiger partial charge in [-0.25, -0.2) is 9.07 Å². The van der Waals surface area contributed by atoms with Gasteiger partial charge in [-0.1, -0.05) is 24.1 Å². The Morgan fingerprint density at radius 3 is 3.00 bits per heavy atom. The van der Waals surface area contributed by atoms with Crippen LogP contribution in [0.15, 0.2) is 24.4 Å². The van der Waals surface area contributed by atoms with Crippen LogP contribution in [0.4, 0.5) is 4.39 Å². The molecular weight excluding hydrogens is 277 g/mol. The van der Waals surface area contributed by atoms with Crippen LogP contribution in [0.25, 0.3) is 5.69 Å². The van der Waals surface area contributed by atoms with Crippen LogP contribution in [0.3, 0.4) is 0 Å². The Kier molecular flexibility index (Phi) is 3.76. The van der Waals surface area contributed by atoms with E-state index in [0.717, 1.165) is 36.9 Å². The summed E-state index contributed by atoms with van der Waals surface area (Å²) in [6, 6.07) is 5.01. The molecule has 20 heavy (non-hydrogen) atoms. The molecule has 0 saturated heterocycles. The first-order valence-corrected chi connectivity index (χ1v) is 7.28. The topological polar surface area (TPSA) is 29.9 Å². The minimum atomic E-state index is -0.339. The van der Waals surface area contributed by atoms with E-state index < -0.39 is 0 Å². The van der Waals surface area contributed by atoms with E-state index in [1.165, 1.54) is 6.07 Å².